The number of nitrogens with zero attached hydrogens (tertiary/aromatic N) is 4. The Labute approximate surface area is 127 Å². The maximum absolute atomic E-state index is 12.7. The molecule has 1 amide bonds. The highest BCUT2D eigenvalue weighted by Gasteiger charge is 2.28. The van der Waals surface area contributed by atoms with Crippen molar-refractivity contribution in [3.8, 4) is 0 Å². The van der Waals surface area contributed by atoms with Crippen LogP contribution in [-0.4, -0.2) is 27.6 Å². The first-order valence-electron chi connectivity index (χ1n) is 7.24. The SMILES string of the molecule is Cc1cccc2c1CCN2C(=O)c1nnc2ccccc2n1. The standard InChI is InChI=1S/C17H14N4O/c1-11-5-4-8-15-12(11)9-10-21(15)17(22)16-18-13-6-2-3-7-14(13)19-20-16/h2-8H,9-10H2,1H3. The van der Waals surface area contributed by atoms with Gasteiger partial charge < -0.3 is 4.90 Å². The minimum atomic E-state index is -0.192. The molecule has 0 bridgehead atoms. The van der Waals surface area contributed by atoms with Crippen LogP contribution in [0.25, 0.3) is 11.0 Å². The molecule has 108 valence electrons. The average molecular weight is 290 g/mol. The first-order chi connectivity index (χ1) is 10.7. The van der Waals surface area contributed by atoms with Crippen LogP contribution < -0.4 is 4.90 Å². The zero-order valence-corrected chi connectivity index (χ0v) is 12.2. The zero-order chi connectivity index (χ0) is 15.1. The maximum Gasteiger partial charge on any atom is 0.297 e. The Hall–Kier alpha value is -2.82. The van der Waals surface area contributed by atoms with Gasteiger partial charge in [-0.2, -0.15) is 0 Å². The van der Waals surface area contributed by atoms with E-state index in [2.05, 4.69) is 28.2 Å². The molecule has 0 atom stereocenters. The Bertz CT molecular complexity index is 891. The summed E-state index contributed by atoms with van der Waals surface area (Å²) < 4.78 is 0. The molecule has 0 radical (unpaired) electrons. The fraction of sp³-hybridized carbons (Fsp3) is 0.176. The van der Waals surface area contributed by atoms with E-state index >= 15 is 0 Å². The highest BCUT2D eigenvalue weighted by Crippen LogP contribution is 2.31. The fourth-order valence-corrected chi connectivity index (χ4v) is 2.91. The second kappa shape index (κ2) is 4.87. The normalized spacial score (nSPS) is 13.4. The molecular weight excluding hydrogens is 276 g/mol. The van der Waals surface area contributed by atoms with Gasteiger partial charge in [-0.15, -0.1) is 10.2 Å². The molecule has 0 fully saturated rings. The summed E-state index contributed by atoms with van der Waals surface area (Å²) in [5.41, 5.74) is 4.78. The topological polar surface area (TPSA) is 59.0 Å². The van der Waals surface area contributed by atoms with Crippen LogP contribution in [0.2, 0.25) is 0 Å². The molecule has 22 heavy (non-hydrogen) atoms. The van der Waals surface area contributed by atoms with Crippen molar-refractivity contribution in [1.29, 1.82) is 0 Å². The third-order valence-electron chi connectivity index (χ3n) is 4.06. The Kier molecular flexibility index (Phi) is 2.85. The third-order valence-corrected chi connectivity index (χ3v) is 4.06. The van der Waals surface area contributed by atoms with Crippen molar-refractivity contribution >= 4 is 22.6 Å². The molecule has 5 heteroatoms. The van der Waals surface area contributed by atoms with Crippen molar-refractivity contribution in [3.63, 3.8) is 0 Å². The smallest absolute Gasteiger partial charge is 0.297 e. The van der Waals surface area contributed by atoms with E-state index in [1.165, 1.54) is 11.1 Å². The summed E-state index contributed by atoms with van der Waals surface area (Å²) >= 11 is 0. The molecule has 0 saturated heterocycles. The number of hydrogen-bond acceptors (Lipinski definition) is 4. The van der Waals surface area contributed by atoms with Crippen molar-refractivity contribution in [2.45, 2.75) is 13.3 Å². The molecule has 2 aromatic carbocycles. The highest BCUT2D eigenvalue weighted by molar-refractivity contribution is 6.05. The predicted molar refractivity (Wildman–Crippen MR) is 83.9 cm³/mol. The zero-order valence-electron chi connectivity index (χ0n) is 12.2. The summed E-state index contributed by atoms with van der Waals surface area (Å²) in [5, 5.41) is 8.08. The first kappa shape index (κ1) is 12.9. The number of carbonyl (C=O) groups is 1. The molecule has 5 nitrogen and oxygen atoms in total. The van der Waals surface area contributed by atoms with Gasteiger partial charge in [0.25, 0.3) is 5.91 Å². The minimum absolute atomic E-state index is 0.146. The lowest BCUT2D eigenvalue weighted by Crippen LogP contribution is -2.30. The summed E-state index contributed by atoms with van der Waals surface area (Å²) in [4.78, 5) is 18.8. The number of carbonyl (C=O) groups excluding carboxylic acids is 1. The number of amides is 1. The van der Waals surface area contributed by atoms with Gasteiger partial charge in [0.15, 0.2) is 0 Å². The second-order valence-corrected chi connectivity index (χ2v) is 5.40. The van der Waals surface area contributed by atoms with Gasteiger partial charge in [0, 0.05) is 12.2 Å². The van der Waals surface area contributed by atoms with Crippen molar-refractivity contribution in [1.82, 2.24) is 15.2 Å². The summed E-state index contributed by atoms with van der Waals surface area (Å²) in [7, 11) is 0. The molecule has 1 aromatic heterocycles. The van der Waals surface area contributed by atoms with Gasteiger partial charge >= 0.3 is 0 Å². The molecule has 0 spiro atoms. The highest BCUT2D eigenvalue weighted by atomic mass is 16.2. The van der Waals surface area contributed by atoms with E-state index in [-0.39, 0.29) is 11.7 Å². The molecule has 1 aliphatic heterocycles. The molecule has 4 rings (SSSR count). The van der Waals surface area contributed by atoms with Gasteiger partial charge in [0.1, 0.15) is 5.52 Å². The fourth-order valence-electron chi connectivity index (χ4n) is 2.91. The van der Waals surface area contributed by atoms with E-state index in [1.54, 1.807) is 4.90 Å². The summed E-state index contributed by atoms with van der Waals surface area (Å²) in [5.74, 6) is -0.0457. The van der Waals surface area contributed by atoms with Crippen molar-refractivity contribution in [2.24, 2.45) is 0 Å². The number of aromatic nitrogens is 3. The van der Waals surface area contributed by atoms with Crippen LogP contribution in [0.4, 0.5) is 5.69 Å². The van der Waals surface area contributed by atoms with E-state index < -0.39 is 0 Å². The lowest BCUT2D eigenvalue weighted by molar-refractivity contribution is 0.0978. The summed E-state index contributed by atoms with van der Waals surface area (Å²) in [6.07, 6.45) is 0.870. The molecule has 0 aliphatic carbocycles. The molecule has 3 aromatic rings. The lowest BCUT2D eigenvalue weighted by Gasteiger charge is -2.16. The quantitative estimate of drug-likeness (QED) is 0.691. The Morgan fingerprint density at radius 3 is 2.73 bits per heavy atom. The van der Waals surface area contributed by atoms with Crippen LogP contribution in [-0.2, 0) is 6.42 Å². The molecule has 1 aliphatic rings. The summed E-state index contributed by atoms with van der Waals surface area (Å²) in [6.45, 7) is 2.73. The maximum atomic E-state index is 12.7. The van der Waals surface area contributed by atoms with Crippen LogP contribution in [0.3, 0.4) is 0 Å². The van der Waals surface area contributed by atoms with Crippen molar-refractivity contribution in [2.75, 3.05) is 11.4 Å². The van der Waals surface area contributed by atoms with Gasteiger partial charge in [0.2, 0.25) is 5.82 Å². The van der Waals surface area contributed by atoms with Gasteiger partial charge in [-0.25, -0.2) is 4.98 Å². The molecule has 0 saturated carbocycles. The largest absolute Gasteiger partial charge is 0.305 e. The lowest BCUT2D eigenvalue weighted by atomic mass is 10.1. The number of anilines is 1. The monoisotopic (exact) mass is 290 g/mol. The number of hydrogen-bond donors (Lipinski definition) is 0. The van der Waals surface area contributed by atoms with E-state index in [4.69, 9.17) is 0 Å². The second-order valence-electron chi connectivity index (χ2n) is 5.40. The Balaban J connectivity index is 1.74. The van der Waals surface area contributed by atoms with E-state index in [9.17, 15) is 4.79 Å². The number of fused-ring (bicyclic) bond motifs is 2. The van der Waals surface area contributed by atoms with Crippen LogP contribution >= 0.6 is 0 Å². The van der Waals surface area contributed by atoms with E-state index in [0.717, 1.165) is 12.1 Å². The molecule has 2 heterocycles. The van der Waals surface area contributed by atoms with Crippen LogP contribution in [0, 0.1) is 6.92 Å². The number of benzene rings is 2. The number of aryl methyl sites for hydroxylation is 1. The Morgan fingerprint density at radius 1 is 1.05 bits per heavy atom. The predicted octanol–water partition coefficient (Wildman–Crippen LogP) is 2.54. The number of rotatable bonds is 1. The van der Waals surface area contributed by atoms with E-state index in [0.29, 0.717) is 17.6 Å². The van der Waals surface area contributed by atoms with E-state index in [1.807, 2.05) is 36.4 Å². The van der Waals surface area contributed by atoms with Gasteiger partial charge in [-0.3, -0.25) is 4.79 Å². The van der Waals surface area contributed by atoms with Gasteiger partial charge in [-0.05, 0) is 42.7 Å². The molecule has 0 N–H and O–H groups in total. The first-order valence-corrected chi connectivity index (χ1v) is 7.24. The molecule has 0 unspecified atom stereocenters. The third kappa shape index (κ3) is 1.94. The number of para-hydroxylation sites is 1. The van der Waals surface area contributed by atoms with Crippen LogP contribution in [0.5, 0.6) is 0 Å². The van der Waals surface area contributed by atoms with Gasteiger partial charge in [-0.1, -0.05) is 24.3 Å². The molecular formula is C17H14N4O. The van der Waals surface area contributed by atoms with Crippen molar-refractivity contribution < 1.29 is 4.79 Å². The van der Waals surface area contributed by atoms with Crippen LogP contribution in [0.15, 0.2) is 42.5 Å². The van der Waals surface area contributed by atoms with Gasteiger partial charge in [0.05, 0.1) is 5.52 Å². The van der Waals surface area contributed by atoms with Crippen molar-refractivity contribution in [3.05, 3.63) is 59.4 Å². The average Bonchev–Trinajstić information content (AvgIpc) is 2.99. The minimum Gasteiger partial charge on any atom is -0.305 e. The van der Waals surface area contributed by atoms with Crippen LogP contribution in [0.1, 0.15) is 21.7 Å². The Morgan fingerprint density at radius 2 is 1.86 bits per heavy atom. The summed E-state index contributed by atoms with van der Waals surface area (Å²) in [6, 6.07) is 13.4.